The minimum absolute atomic E-state index is 0.00118. The summed E-state index contributed by atoms with van der Waals surface area (Å²) in [5.74, 6) is 1.88. The summed E-state index contributed by atoms with van der Waals surface area (Å²) in [6.07, 6.45) is 1.26. The average Bonchev–Trinajstić information content (AvgIpc) is 2.60. The summed E-state index contributed by atoms with van der Waals surface area (Å²) in [5, 5.41) is 3.59. The van der Waals surface area contributed by atoms with Crippen LogP contribution in [-0.4, -0.2) is 29.6 Å². The van der Waals surface area contributed by atoms with Crippen LogP contribution >= 0.6 is 0 Å². The second kappa shape index (κ2) is 5.26. The van der Waals surface area contributed by atoms with Crippen LogP contribution in [-0.2, 0) is 4.79 Å². The predicted molar refractivity (Wildman–Crippen MR) is 87.8 cm³/mol. The lowest BCUT2D eigenvalue weighted by molar-refractivity contribution is -0.131. The van der Waals surface area contributed by atoms with Crippen molar-refractivity contribution in [2.45, 2.75) is 74.0 Å². The third-order valence-electron chi connectivity index (χ3n) is 6.36. The van der Waals surface area contributed by atoms with E-state index in [1.165, 1.54) is 0 Å². The second-order valence-electron chi connectivity index (χ2n) is 9.02. The molecular weight excluding hydrogens is 260 g/mol. The van der Waals surface area contributed by atoms with Crippen LogP contribution in [0.5, 0.6) is 0 Å². The summed E-state index contributed by atoms with van der Waals surface area (Å²) in [6.45, 7) is 19.0. The summed E-state index contributed by atoms with van der Waals surface area (Å²) < 4.78 is 0. The molecule has 1 amide bonds. The van der Waals surface area contributed by atoms with E-state index in [0.29, 0.717) is 34.5 Å². The summed E-state index contributed by atoms with van der Waals surface area (Å²) in [5.41, 5.74) is 0.678. The Morgan fingerprint density at radius 3 is 2.00 bits per heavy atom. The van der Waals surface area contributed by atoms with E-state index in [4.69, 9.17) is 0 Å². The quantitative estimate of drug-likeness (QED) is 0.841. The molecule has 0 aromatic rings. The zero-order valence-electron chi connectivity index (χ0n) is 15.2. The van der Waals surface area contributed by atoms with E-state index >= 15 is 0 Å². The fraction of sp³-hybridized carbons (Fsp3) is 0.944. The number of carbonyl (C=O) groups is 1. The van der Waals surface area contributed by atoms with Gasteiger partial charge in [-0.25, -0.2) is 0 Å². The van der Waals surface area contributed by atoms with Crippen LogP contribution < -0.4 is 5.32 Å². The molecule has 1 saturated carbocycles. The van der Waals surface area contributed by atoms with E-state index < -0.39 is 0 Å². The van der Waals surface area contributed by atoms with E-state index in [-0.39, 0.29) is 12.2 Å². The minimum Gasteiger partial charge on any atom is -0.325 e. The number of amides is 1. The Hall–Kier alpha value is -0.570. The van der Waals surface area contributed by atoms with E-state index in [2.05, 4.69) is 65.6 Å². The van der Waals surface area contributed by atoms with Crippen molar-refractivity contribution in [1.82, 2.24) is 10.2 Å². The molecule has 0 aromatic heterocycles. The molecule has 2 unspecified atom stereocenters. The topological polar surface area (TPSA) is 32.3 Å². The van der Waals surface area contributed by atoms with E-state index in [1.54, 1.807) is 0 Å². The zero-order chi connectivity index (χ0) is 16.2. The molecule has 0 spiro atoms. The van der Waals surface area contributed by atoms with Gasteiger partial charge >= 0.3 is 0 Å². The minimum atomic E-state index is -0.00118. The highest BCUT2D eigenvalue weighted by atomic mass is 16.2. The van der Waals surface area contributed by atoms with Gasteiger partial charge in [0.25, 0.3) is 0 Å². The number of hydrogen-bond acceptors (Lipinski definition) is 2. The summed E-state index contributed by atoms with van der Waals surface area (Å²) in [6, 6.07) is -0.00118. The number of hydrogen-bond donors (Lipinski definition) is 1. The lowest BCUT2D eigenvalue weighted by Crippen LogP contribution is -2.40. The highest BCUT2D eigenvalue weighted by molar-refractivity contribution is 5.84. The van der Waals surface area contributed by atoms with Crippen molar-refractivity contribution >= 4 is 5.91 Å². The molecule has 2 rings (SSSR count). The van der Waals surface area contributed by atoms with Gasteiger partial charge < -0.3 is 4.90 Å². The number of nitrogens with one attached hydrogen (secondary N) is 1. The third-order valence-corrected chi connectivity index (χ3v) is 6.36. The molecule has 1 aliphatic heterocycles. The number of rotatable bonds is 5. The van der Waals surface area contributed by atoms with Gasteiger partial charge in [0.05, 0.1) is 12.2 Å². The van der Waals surface area contributed by atoms with Crippen LogP contribution in [0.15, 0.2) is 0 Å². The molecule has 0 bridgehead atoms. The van der Waals surface area contributed by atoms with Crippen LogP contribution in [0.3, 0.4) is 0 Å². The van der Waals surface area contributed by atoms with E-state index in [0.717, 1.165) is 13.0 Å². The fourth-order valence-electron chi connectivity index (χ4n) is 4.02. The second-order valence-corrected chi connectivity index (χ2v) is 9.02. The normalized spacial score (nSPS) is 31.5. The highest BCUT2D eigenvalue weighted by Crippen LogP contribution is 2.68. The molecule has 0 radical (unpaired) electrons. The molecule has 1 aliphatic carbocycles. The van der Waals surface area contributed by atoms with Gasteiger partial charge in [-0.05, 0) is 35.0 Å². The van der Waals surface area contributed by atoms with Crippen LogP contribution in [0.25, 0.3) is 0 Å². The Morgan fingerprint density at radius 1 is 1.10 bits per heavy atom. The molecule has 1 N–H and O–H groups in total. The van der Waals surface area contributed by atoms with Gasteiger partial charge in [0.15, 0.2) is 0 Å². The SMILES string of the molecule is CC(C)CC1NC(C(C)C)C(=O)N1CC1C(C)(C)C1(C)C. The first kappa shape index (κ1) is 16.8. The molecule has 21 heavy (non-hydrogen) atoms. The smallest absolute Gasteiger partial charge is 0.241 e. The van der Waals surface area contributed by atoms with Crippen LogP contribution in [0.1, 0.15) is 61.8 Å². The lowest BCUT2D eigenvalue weighted by Gasteiger charge is -2.26. The van der Waals surface area contributed by atoms with Gasteiger partial charge in [0.1, 0.15) is 0 Å². The fourth-order valence-corrected chi connectivity index (χ4v) is 4.02. The number of nitrogens with zero attached hydrogens (tertiary/aromatic N) is 1. The monoisotopic (exact) mass is 294 g/mol. The van der Waals surface area contributed by atoms with Crippen molar-refractivity contribution in [3.8, 4) is 0 Å². The Kier molecular flexibility index (Phi) is 4.20. The largest absolute Gasteiger partial charge is 0.325 e. The first-order valence-corrected chi connectivity index (χ1v) is 8.56. The molecule has 0 aromatic carbocycles. The van der Waals surface area contributed by atoms with Crippen LogP contribution in [0, 0.1) is 28.6 Å². The van der Waals surface area contributed by atoms with E-state index in [1.807, 2.05) is 0 Å². The van der Waals surface area contributed by atoms with Gasteiger partial charge in [-0.2, -0.15) is 0 Å². The lowest BCUT2D eigenvalue weighted by atomic mass is 10.0. The molecule has 2 fully saturated rings. The molecule has 1 heterocycles. The van der Waals surface area contributed by atoms with Gasteiger partial charge in [-0.15, -0.1) is 0 Å². The molecule has 2 atom stereocenters. The molecule has 3 nitrogen and oxygen atoms in total. The van der Waals surface area contributed by atoms with Crippen molar-refractivity contribution in [3.05, 3.63) is 0 Å². The summed E-state index contributed by atoms with van der Waals surface area (Å²) in [4.78, 5) is 14.9. The Labute approximate surface area is 130 Å². The molecule has 2 aliphatic rings. The predicted octanol–water partition coefficient (Wildman–Crippen LogP) is 3.50. The van der Waals surface area contributed by atoms with Gasteiger partial charge in [-0.3, -0.25) is 10.1 Å². The zero-order valence-corrected chi connectivity index (χ0v) is 15.2. The highest BCUT2D eigenvalue weighted by Gasteiger charge is 2.65. The number of carbonyl (C=O) groups excluding carboxylic acids is 1. The Balaban J connectivity index is 2.13. The van der Waals surface area contributed by atoms with Crippen molar-refractivity contribution < 1.29 is 4.79 Å². The van der Waals surface area contributed by atoms with Crippen LogP contribution in [0.2, 0.25) is 0 Å². The summed E-state index contributed by atoms with van der Waals surface area (Å²) in [7, 11) is 0. The van der Waals surface area contributed by atoms with Gasteiger partial charge in [0, 0.05) is 6.54 Å². The third kappa shape index (κ3) is 2.74. The van der Waals surface area contributed by atoms with Crippen molar-refractivity contribution in [1.29, 1.82) is 0 Å². The summed E-state index contributed by atoms with van der Waals surface area (Å²) >= 11 is 0. The van der Waals surface area contributed by atoms with Gasteiger partial charge in [-0.1, -0.05) is 55.4 Å². The first-order valence-electron chi connectivity index (χ1n) is 8.56. The van der Waals surface area contributed by atoms with Crippen molar-refractivity contribution in [3.63, 3.8) is 0 Å². The van der Waals surface area contributed by atoms with Gasteiger partial charge in [0.2, 0.25) is 5.91 Å². The standard InChI is InChI=1S/C18H34N2O/c1-11(2)9-14-19-15(12(3)4)16(21)20(14)10-13-17(5,6)18(13,7)8/h11-15,19H,9-10H2,1-8H3. The molecule has 1 saturated heterocycles. The molecule has 122 valence electrons. The maximum Gasteiger partial charge on any atom is 0.241 e. The van der Waals surface area contributed by atoms with Crippen LogP contribution in [0.4, 0.5) is 0 Å². The Bertz CT molecular complexity index is 397. The van der Waals surface area contributed by atoms with E-state index in [9.17, 15) is 4.79 Å². The maximum atomic E-state index is 12.8. The first-order chi connectivity index (χ1) is 9.50. The van der Waals surface area contributed by atoms with Crippen molar-refractivity contribution in [2.75, 3.05) is 6.54 Å². The van der Waals surface area contributed by atoms with Crippen molar-refractivity contribution in [2.24, 2.45) is 28.6 Å². The molecule has 3 heteroatoms. The maximum absolute atomic E-state index is 12.8. The Morgan fingerprint density at radius 2 is 1.62 bits per heavy atom. The molecular formula is C18H34N2O. The average molecular weight is 294 g/mol.